The summed E-state index contributed by atoms with van der Waals surface area (Å²) in [5.74, 6) is 2.98. The summed E-state index contributed by atoms with van der Waals surface area (Å²) < 4.78 is 5.66. The first-order valence-corrected chi connectivity index (χ1v) is 7.93. The summed E-state index contributed by atoms with van der Waals surface area (Å²) in [7, 11) is 0. The molecule has 2 rings (SSSR count). The van der Waals surface area contributed by atoms with Crippen molar-refractivity contribution in [3.63, 3.8) is 0 Å². The average molecular weight is 265 g/mol. The SMILES string of the molecule is CCCOc1cc(SCC2CCCC2)ccc1N. The standard InChI is InChI=1S/C15H23NOS/c1-2-9-17-15-10-13(7-8-14(15)16)18-11-12-5-3-4-6-12/h7-8,10,12H,2-6,9,11,16H2,1H3. The van der Waals surface area contributed by atoms with Crippen LogP contribution in [0.1, 0.15) is 39.0 Å². The Balaban J connectivity index is 1.91. The maximum absolute atomic E-state index is 5.91. The monoisotopic (exact) mass is 265 g/mol. The van der Waals surface area contributed by atoms with E-state index < -0.39 is 0 Å². The molecule has 1 aromatic rings. The van der Waals surface area contributed by atoms with Crippen molar-refractivity contribution in [2.24, 2.45) is 5.92 Å². The highest BCUT2D eigenvalue weighted by Crippen LogP contribution is 2.33. The molecule has 0 radical (unpaired) electrons. The first kappa shape index (κ1) is 13.6. The van der Waals surface area contributed by atoms with Gasteiger partial charge in [-0.2, -0.15) is 0 Å². The number of hydrogen-bond donors (Lipinski definition) is 1. The third-order valence-electron chi connectivity index (χ3n) is 3.41. The Morgan fingerprint density at radius 2 is 2.11 bits per heavy atom. The van der Waals surface area contributed by atoms with Gasteiger partial charge in [0.2, 0.25) is 0 Å². The van der Waals surface area contributed by atoms with E-state index in [1.165, 1.54) is 36.3 Å². The van der Waals surface area contributed by atoms with Gasteiger partial charge in [-0.1, -0.05) is 19.8 Å². The van der Waals surface area contributed by atoms with Crippen LogP contribution in [0.25, 0.3) is 0 Å². The quantitative estimate of drug-likeness (QED) is 0.614. The molecule has 1 aliphatic carbocycles. The van der Waals surface area contributed by atoms with Crippen LogP contribution in [0.5, 0.6) is 5.75 Å². The van der Waals surface area contributed by atoms with E-state index in [-0.39, 0.29) is 0 Å². The van der Waals surface area contributed by atoms with Crippen molar-refractivity contribution >= 4 is 17.4 Å². The molecule has 0 bridgehead atoms. The first-order valence-electron chi connectivity index (χ1n) is 6.94. The summed E-state index contributed by atoms with van der Waals surface area (Å²) in [6.07, 6.45) is 6.65. The Morgan fingerprint density at radius 1 is 1.33 bits per heavy atom. The van der Waals surface area contributed by atoms with Crippen LogP contribution in [0.4, 0.5) is 5.69 Å². The highest BCUT2D eigenvalue weighted by molar-refractivity contribution is 7.99. The zero-order valence-electron chi connectivity index (χ0n) is 11.2. The molecule has 1 saturated carbocycles. The second-order valence-electron chi connectivity index (χ2n) is 5.01. The molecule has 0 aliphatic heterocycles. The first-order chi connectivity index (χ1) is 8.79. The third kappa shape index (κ3) is 3.84. The summed E-state index contributed by atoms with van der Waals surface area (Å²) in [4.78, 5) is 1.28. The number of benzene rings is 1. The fraction of sp³-hybridized carbons (Fsp3) is 0.600. The zero-order chi connectivity index (χ0) is 12.8. The Morgan fingerprint density at radius 3 is 2.83 bits per heavy atom. The Labute approximate surface area is 114 Å². The van der Waals surface area contributed by atoms with Crippen LogP contribution < -0.4 is 10.5 Å². The number of anilines is 1. The number of hydrogen-bond acceptors (Lipinski definition) is 3. The van der Waals surface area contributed by atoms with Crippen LogP contribution in [0.15, 0.2) is 23.1 Å². The second-order valence-corrected chi connectivity index (χ2v) is 6.10. The van der Waals surface area contributed by atoms with Crippen molar-refractivity contribution < 1.29 is 4.74 Å². The molecule has 2 N–H and O–H groups in total. The number of nitrogen functional groups attached to an aromatic ring is 1. The van der Waals surface area contributed by atoms with Gasteiger partial charge in [-0.05, 0) is 43.4 Å². The van der Waals surface area contributed by atoms with Gasteiger partial charge in [0, 0.05) is 10.6 Å². The lowest BCUT2D eigenvalue weighted by molar-refractivity contribution is 0.318. The van der Waals surface area contributed by atoms with E-state index in [0.717, 1.165) is 30.4 Å². The van der Waals surface area contributed by atoms with E-state index in [1.54, 1.807) is 0 Å². The van der Waals surface area contributed by atoms with E-state index in [4.69, 9.17) is 10.5 Å². The lowest BCUT2D eigenvalue weighted by atomic mass is 10.1. The van der Waals surface area contributed by atoms with E-state index >= 15 is 0 Å². The van der Waals surface area contributed by atoms with Gasteiger partial charge in [0.25, 0.3) is 0 Å². The van der Waals surface area contributed by atoms with E-state index in [1.807, 2.05) is 17.8 Å². The molecule has 3 heteroatoms. The van der Waals surface area contributed by atoms with E-state index in [2.05, 4.69) is 19.1 Å². The van der Waals surface area contributed by atoms with Gasteiger partial charge >= 0.3 is 0 Å². The number of thioether (sulfide) groups is 1. The smallest absolute Gasteiger partial charge is 0.143 e. The molecule has 1 aliphatic rings. The molecule has 0 saturated heterocycles. The van der Waals surface area contributed by atoms with Gasteiger partial charge in [0.1, 0.15) is 5.75 Å². The minimum atomic E-state index is 0.737. The lowest BCUT2D eigenvalue weighted by Crippen LogP contribution is -2.00. The average Bonchev–Trinajstić information content (AvgIpc) is 2.89. The summed E-state index contributed by atoms with van der Waals surface area (Å²) in [6.45, 7) is 2.84. The summed E-state index contributed by atoms with van der Waals surface area (Å²) in [5, 5.41) is 0. The summed E-state index contributed by atoms with van der Waals surface area (Å²) >= 11 is 1.94. The van der Waals surface area contributed by atoms with E-state index in [9.17, 15) is 0 Å². The van der Waals surface area contributed by atoms with Gasteiger partial charge in [0.15, 0.2) is 0 Å². The van der Waals surface area contributed by atoms with Crippen LogP contribution >= 0.6 is 11.8 Å². The Bertz CT molecular complexity index is 375. The number of nitrogens with two attached hydrogens (primary N) is 1. The van der Waals surface area contributed by atoms with Crippen LogP contribution in [-0.2, 0) is 0 Å². The molecule has 100 valence electrons. The normalized spacial score (nSPS) is 16.1. The molecular weight excluding hydrogens is 242 g/mol. The van der Waals surface area contributed by atoms with Gasteiger partial charge in [-0.15, -0.1) is 11.8 Å². The minimum Gasteiger partial charge on any atom is -0.491 e. The molecule has 0 unspecified atom stereocenters. The van der Waals surface area contributed by atoms with Gasteiger partial charge < -0.3 is 10.5 Å². The molecule has 0 aromatic heterocycles. The van der Waals surface area contributed by atoms with Crippen LogP contribution in [-0.4, -0.2) is 12.4 Å². The summed E-state index contributed by atoms with van der Waals surface area (Å²) in [5.41, 5.74) is 6.66. The van der Waals surface area contributed by atoms with Crippen molar-refractivity contribution in [3.05, 3.63) is 18.2 Å². The minimum absolute atomic E-state index is 0.737. The maximum Gasteiger partial charge on any atom is 0.143 e. The third-order valence-corrected chi connectivity index (χ3v) is 4.63. The highest BCUT2D eigenvalue weighted by atomic mass is 32.2. The number of rotatable bonds is 6. The van der Waals surface area contributed by atoms with Crippen LogP contribution in [0.3, 0.4) is 0 Å². The molecular formula is C15H23NOS. The van der Waals surface area contributed by atoms with Crippen molar-refractivity contribution in [1.82, 2.24) is 0 Å². The second kappa shape index (κ2) is 6.93. The fourth-order valence-corrected chi connectivity index (χ4v) is 3.45. The van der Waals surface area contributed by atoms with Gasteiger partial charge in [-0.25, -0.2) is 0 Å². The molecule has 0 amide bonds. The molecule has 2 nitrogen and oxygen atoms in total. The highest BCUT2D eigenvalue weighted by Gasteiger charge is 2.15. The van der Waals surface area contributed by atoms with Gasteiger partial charge in [0.05, 0.1) is 12.3 Å². The Kier molecular flexibility index (Phi) is 5.24. The van der Waals surface area contributed by atoms with E-state index in [0.29, 0.717) is 0 Å². The van der Waals surface area contributed by atoms with Crippen LogP contribution in [0.2, 0.25) is 0 Å². The van der Waals surface area contributed by atoms with Crippen molar-refractivity contribution in [2.45, 2.75) is 43.9 Å². The largest absolute Gasteiger partial charge is 0.491 e. The molecule has 0 spiro atoms. The Hall–Kier alpha value is -0.830. The fourth-order valence-electron chi connectivity index (χ4n) is 2.33. The molecule has 18 heavy (non-hydrogen) atoms. The maximum atomic E-state index is 5.91. The van der Waals surface area contributed by atoms with Crippen molar-refractivity contribution in [1.29, 1.82) is 0 Å². The van der Waals surface area contributed by atoms with Crippen molar-refractivity contribution in [3.8, 4) is 5.75 Å². The predicted octanol–water partition coefficient (Wildman–Crippen LogP) is 4.34. The topological polar surface area (TPSA) is 35.2 Å². The predicted molar refractivity (Wildman–Crippen MR) is 79.3 cm³/mol. The van der Waals surface area contributed by atoms with Gasteiger partial charge in [-0.3, -0.25) is 0 Å². The molecule has 1 aromatic carbocycles. The lowest BCUT2D eigenvalue weighted by Gasteiger charge is -2.11. The molecule has 0 heterocycles. The molecule has 1 fully saturated rings. The summed E-state index contributed by atoms with van der Waals surface area (Å²) in [6, 6.07) is 6.15. The zero-order valence-corrected chi connectivity index (χ0v) is 12.0. The molecule has 0 atom stereocenters. The number of ether oxygens (including phenoxy) is 1. The van der Waals surface area contributed by atoms with Crippen LogP contribution in [0, 0.1) is 5.92 Å². The van der Waals surface area contributed by atoms with Crippen molar-refractivity contribution in [2.75, 3.05) is 18.1 Å².